The number of unbranched alkanes of at least 4 members (excludes halogenated alkanes) is 8. The normalized spacial score (nSPS) is 25.6. The largest absolute Gasteiger partial charge is 0.388 e. The van der Waals surface area contributed by atoms with E-state index in [1.54, 1.807) is 0 Å². The van der Waals surface area contributed by atoms with Crippen LogP contribution in [0.15, 0.2) is 12.2 Å². The van der Waals surface area contributed by atoms with E-state index in [9.17, 15) is 15.3 Å². The molecule has 24 heavy (non-hydrogen) atoms. The molecule has 5 nitrogen and oxygen atoms in total. The SMILES string of the molecule is CCCCCCCCCC/C=C/COC[C@H](O)[C@H]1OC[C@@H](O)[C@H]1O. The van der Waals surface area contributed by atoms with Crippen LogP contribution in [0.4, 0.5) is 0 Å². The molecule has 1 rings (SSSR count). The minimum Gasteiger partial charge on any atom is -0.388 e. The van der Waals surface area contributed by atoms with Crippen molar-refractivity contribution >= 4 is 0 Å². The molecule has 1 heterocycles. The van der Waals surface area contributed by atoms with Crippen LogP contribution in [0.2, 0.25) is 0 Å². The highest BCUT2D eigenvalue weighted by molar-refractivity contribution is 4.88. The number of allylic oxidation sites excluding steroid dienone is 1. The molecule has 1 fully saturated rings. The van der Waals surface area contributed by atoms with E-state index >= 15 is 0 Å². The minimum atomic E-state index is -1.04. The first-order valence-electron chi connectivity index (χ1n) is 9.55. The van der Waals surface area contributed by atoms with Gasteiger partial charge in [0.05, 0.1) is 19.8 Å². The minimum absolute atomic E-state index is 0.0569. The summed E-state index contributed by atoms with van der Waals surface area (Å²) >= 11 is 0. The molecule has 0 spiro atoms. The highest BCUT2D eigenvalue weighted by Gasteiger charge is 2.39. The van der Waals surface area contributed by atoms with Gasteiger partial charge in [0.15, 0.2) is 0 Å². The van der Waals surface area contributed by atoms with Crippen molar-refractivity contribution in [2.75, 3.05) is 19.8 Å². The van der Waals surface area contributed by atoms with Crippen molar-refractivity contribution in [3.8, 4) is 0 Å². The fourth-order valence-corrected chi connectivity index (χ4v) is 2.90. The maximum absolute atomic E-state index is 9.87. The van der Waals surface area contributed by atoms with Gasteiger partial charge < -0.3 is 24.8 Å². The van der Waals surface area contributed by atoms with E-state index in [1.807, 2.05) is 6.08 Å². The molecule has 5 heteroatoms. The van der Waals surface area contributed by atoms with Crippen LogP contribution in [0, 0.1) is 0 Å². The van der Waals surface area contributed by atoms with Gasteiger partial charge in [0.2, 0.25) is 0 Å². The van der Waals surface area contributed by atoms with Gasteiger partial charge in [-0.2, -0.15) is 0 Å². The average Bonchev–Trinajstić information content (AvgIpc) is 2.91. The lowest BCUT2D eigenvalue weighted by atomic mass is 10.1. The second-order valence-electron chi connectivity index (χ2n) is 6.70. The van der Waals surface area contributed by atoms with E-state index in [0.717, 1.165) is 6.42 Å². The maximum Gasteiger partial charge on any atom is 0.114 e. The molecule has 0 aliphatic carbocycles. The molecule has 0 radical (unpaired) electrons. The first-order valence-corrected chi connectivity index (χ1v) is 9.55. The van der Waals surface area contributed by atoms with Gasteiger partial charge >= 0.3 is 0 Å². The third-order valence-corrected chi connectivity index (χ3v) is 4.46. The number of rotatable bonds is 14. The zero-order valence-corrected chi connectivity index (χ0v) is 15.1. The Bertz CT molecular complexity index is 321. The van der Waals surface area contributed by atoms with Gasteiger partial charge in [0.1, 0.15) is 24.4 Å². The molecule has 1 aliphatic heterocycles. The summed E-state index contributed by atoms with van der Waals surface area (Å²) in [5, 5.41) is 28.9. The summed E-state index contributed by atoms with van der Waals surface area (Å²) in [6, 6.07) is 0. The summed E-state index contributed by atoms with van der Waals surface area (Å²) in [6.45, 7) is 2.84. The van der Waals surface area contributed by atoms with Crippen LogP contribution in [0.1, 0.15) is 64.7 Å². The monoisotopic (exact) mass is 344 g/mol. The fraction of sp³-hybridized carbons (Fsp3) is 0.895. The summed E-state index contributed by atoms with van der Waals surface area (Å²) in [4.78, 5) is 0. The number of hydrogen-bond acceptors (Lipinski definition) is 5. The Morgan fingerprint density at radius 1 is 1.04 bits per heavy atom. The summed E-state index contributed by atoms with van der Waals surface area (Å²) in [7, 11) is 0. The summed E-state index contributed by atoms with van der Waals surface area (Å²) < 4.78 is 10.5. The molecule has 1 aliphatic rings. The lowest BCUT2D eigenvalue weighted by molar-refractivity contribution is -0.0782. The molecular formula is C19H36O5. The van der Waals surface area contributed by atoms with E-state index in [-0.39, 0.29) is 13.2 Å². The van der Waals surface area contributed by atoms with Crippen molar-refractivity contribution in [3.63, 3.8) is 0 Å². The van der Waals surface area contributed by atoms with E-state index < -0.39 is 24.4 Å². The first-order chi connectivity index (χ1) is 11.7. The molecule has 0 unspecified atom stereocenters. The van der Waals surface area contributed by atoms with Gasteiger partial charge in [-0.25, -0.2) is 0 Å². The predicted molar refractivity (Wildman–Crippen MR) is 94.9 cm³/mol. The van der Waals surface area contributed by atoms with Gasteiger partial charge in [-0.15, -0.1) is 0 Å². The molecular weight excluding hydrogens is 308 g/mol. The third-order valence-electron chi connectivity index (χ3n) is 4.46. The van der Waals surface area contributed by atoms with Crippen LogP contribution in [0.5, 0.6) is 0 Å². The topological polar surface area (TPSA) is 79.2 Å². The summed E-state index contributed by atoms with van der Waals surface area (Å²) in [5.41, 5.74) is 0. The van der Waals surface area contributed by atoms with E-state index in [1.165, 1.54) is 51.4 Å². The standard InChI is InChI=1S/C19H36O5/c1-2-3-4-5-6-7-8-9-10-11-12-13-23-14-17(21)19-18(22)16(20)15-24-19/h11-12,16-22H,2-10,13-15H2,1H3/b12-11+/t16-,17+,18-,19-/m1/s1. The third kappa shape index (κ3) is 9.14. The maximum atomic E-state index is 9.87. The van der Waals surface area contributed by atoms with Crippen molar-refractivity contribution < 1.29 is 24.8 Å². The smallest absolute Gasteiger partial charge is 0.114 e. The van der Waals surface area contributed by atoms with Crippen molar-refractivity contribution in [2.45, 2.75) is 89.1 Å². The summed E-state index contributed by atoms with van der Waals surface area (Å²) in [6.07, 6.45) is 12.1. The Kier molecular flexibility index (Phi) is 12.4. The molecule has 0 amide bonds. The lowest BCUT2D eigenvalue weighted by Crippen LogP contribution is -2.40. The van der Waals surface area contributed by atoms with E-state index in [2.05, 4.69) is 13.0 Å². The molecule has 0 aromatic carbocycles. The van der Waals surface area contributed by atoms with Crippen molar-refractivity contribution in [1.82, 2.24) is 0 Å². The highest BCUT2D eigenvalue weighted by Crippen LogP contribution is 2.17. The average molecular weight is 344 g/mol. The van der Waals surface area contributed by atoms with Crippen LogP contribution >= 0.6 is 0 Å². The molecule has 0 saturated carbocycles. The van der Waals surface area contributed by atoms with Crippen molar-refractivity contribution in [3.05, 3.63) is 12.2 Å². The molecule has 0 bridgehead atoms. The molecule has 142 valence electrons. The Morgan fingerprint density at radius 3 is 2.33 bits per heavy atom. The number of ether oxygens (including phenoxy) is 2. The van der Waals surface area contributed by atoms with E-state index in [4.69, 9.17) is 9.47 Å². The Hall–Kier alpha value is -0.460. The van der Waals surface area contributed by atoms with Crippen LogP contribution < -0.4 is 0 Å². The number of aliphatic hydroxyl groups excluding tert-OH is 3. The van der Waals surface area contributed by atoms with Gasteiger partial charge in [-0.05, 0) is 12.8 Å². The zero-order valence-electron chi connectivity index (χ0n) is 15.1. The quantitative estimate of drug-likeness (QED) is 0.333. The second-order valence-corrected chi connectivity index (χ2v) is 6.70. The molecule has 4 atom stereocenters. The fourth-order valence-electron chi connectivity index (χ4n) is 2.90. The van der Waals surface area contributed by atoms with Crippen molar-refractivity contribution in [2.24, 2.45) is 0 Å². The van der Waals surface area contributed by atoms with Gasteiger partial charge in [-0.1, -0.05) is 64.0 Å². The lowest BCUT2D eigenvalue weighted by Gasteiger charge is -2.20. The second kappa shape index (κ2) is 13.8. The molecule has 3 N–H and O–H groups in total. The molecule has 1 saturated heterocycles. The predicted octanol–water partition coefficient (Wildman–Crippen LogP) is 2.57. The molecule has 0 aromatic rings. The van der Waals surface area contributed by atoms with Gasteiger partial charge in [0, 0.05) is 0 Å². The van der Waals surface area contributed by atoms with Crippen molar-refractivity contribution in [1.29, 1.82) is 0 Å². The van der Waals surface area contributed by atoms with Crippen LogP contribution in [-0.2, 0) is 9.47 Å². The van der Waals surface area contributed by atoms with Crippen LogP contribution in [0.3, 0.4) is 0 Å². The van der Waals surface area contributed by atoms with Gasteiger partial charge in [0.25, 0.3) is 0 Å². The number of hydrogen-bond donors (Lipinski definition) is 3. The van der Waals surface area contributed by atoms with Crippen LogP contribution in [-0.4, -0.2) is 59.6 Å². The first kappa shape index (κ1) is 21.6. The van der Waals surface area contributed by atoms with Gasteiger partial charge in [-0.3, -0.25) is 0 Å². The zero-order chi connectivity index (χ0) is 17.6. The van der Waals surface area contributed by atoms with E-state index in [0.29, 0.717) is 6.61 Å². The number of aliphatic hydroxyl groups is 3. The summed E-state index contributed by atoms with van der Waals surface area (Å²) in [5.74, 6) is 0. The Morgan fingerprint density at radius 2 is 1.71 bits per heavy atom. The Balaban J connectivity index is 1.89. The Labute approximate surface area is 146 Å². The highest BCUT2D eigenvalue weighted by atomic mass is 16.5. The molecule has 0 aromatic heterocycles. The van der Waals surface area contributed by atoms with Crippen LogP contribution in [0.25, 0.3) is 0 Å².